The molecular formula is C20H15N3. The van der Waals surface area contributed by atoms with Crippen molar-refractivity contribution in [1.82, 2.24) is 14.5 Å². The molecule has 3 heteroatoms. The van der Waals surface area contributed by atoms with Gasteiger partial charge in [0.25, 0.3) is 0 Å². The van der Waals surface area contributed by atoms with Gasteiger partial charge in [-0.05, 0) is 35.9 Å². The summed E-state index contributed by atoms with van der Waals surface area (Å²) in [4.78, 5) is 8.71. The zero-order chi connectivity index (χ0) is 15.5. The van der Waals surface area contributed by atoms with Gasteiger partial charge < -0.3 is 4.57 Å². The van der Waals surface area contributed by atoms with Gasteiger partial charge in [0.15, 0.2) is 0 Å². The predicted octanol–water partition coefficient (Wildman–Crippen LogP) is 4.59. The number of imidazole rings is 1. The highest BCUT2D eigenvalue weighted by Crippen LogP contribution is 2.15. The van der Waals surface area contributed by atoms with Gasteiger partial charge in [-0.25, -0.2) is 9.97 Å². The highest BCUT2D eigenvalue weighted by atomic mass is 15.0. The maximum absolute atomic E-state index is 4.65. The Morgan fingerprint density at radius 1 is 0.826 bits per heavy atom. The van der Waals surface area contributed by atoms with Crippen molar-refractivity contribution >= 4 is 23.1 Å². The molecule has 0 bridgehead atoms. The number of pyridine rings is 1. The van der Waals surface area contributed by atoms with E-state index in [2.05, 4.69) is 52.4 Å². The van der Waals surface area contributed by atoms with Crippen molar-refractivity contribution in [3.05, 3.63) is 90.6 Å². The largest absolute Gasteiger partial charge is 0.306 e. The lowest BCUT2D eigenvalue weighted by Gasteiger charge is -2.02. The maximum Gasteiger partial charge on any atom is 0.0991 e. The first-order chi connectivity index (χ1) is 11.4. The molecule has 0 fully saturated rings. The molecule has 0 aliphatic rings. The van der Waals surface area contributed by atoms with Crippen LogP contribution >= 0.6 is 0 Å². The molecule has 0 radical (unpaired) electrons. The molecule has 3 nitrogen and oxygen atoms in total. The third kappa shape index (κ3) is 2.90. The maximum atomic E-state index is 4.65. The second kappa shape index (κ2) is 5.89. The smallest absolute Gasteiger partial charge is 0.0991 e. The Kier molecular flexibility index (Phi) is 3.45. The van der Waals surface area contributed by atoms with Gasteiger partial charge in [-0.15, -0.1) is 0 Å². The van der Waals surface area contributed by atoms with E-state index in [0.717, 1.165) is 27.8 Å². The Bertz CT molecular complexity index is 952. The van der Waals surface area contributed by atoms with Crippen LogP contribution in [0, 0.1) is 0 Å². The van der Waals surface area contributed by atoms with E-state index in [-0.39, 0.29) is 0 Å². The molecule has 0 aliphatic carbocycles. The summed E-state index contributed by atoms with van der Waals surface area (Å²) in [6, 6.07) is 20.6. The molecule has 2 aromatic carbocycles. The lowest BCUT2D eigenvalue weighted by atomic mass is 10.1. The SMILES string of the molecule is C(=C\c1ccc2ccccc2n1)/c1ccc(-n2ccnc2)cc1. The molecule has 0 aliphatic heterocycles. The number of rotatable bonds is 3. The number of para-hydroxylation sites is 1. The third-order valence-electron chi connectivity index (χ3n) is 3.76. The van der Waals surface area contributed by atoms with Gasteiger partial charge in [-0.1, -0.05) is 42.5 Å². The summed E-state index contributed by atoms with van der Waals surface area (Å²) in [5.41, 5.74) is 4.22. The van der Waals surface area contributed by atoms with Crippen LogP contribution in [0.5, 0.6) is 0 Å². The van der Waals surface area contributed by atoms with Crippen LogP contribution in [-0.2, 0) is 0 Å². The van der Waals surface area contributed by atoms with Crippen molar-refractivity contribution in [1.29, 1.82) is 0 Å². The zero-order valence-corrected chi connectivity index (χ0v) is 12.5. The van der Waals surface area contributed by atoms with Crippen molar-refractivity contribution < 1.29 is 0 Å². The van der Waals surface area contributed by atoms with E-state index in [9.17, 15) is 0 Å². The number of nitrogens with zero attached hydrogens (tertiary/aromatic N) is 3. The fourth-order valence-corrected chi connectivity index (χ4v) is 2.53. The van der Waals surface area contributed by atoms with Gasteiger partial charge in [0.1, 0.15) is 0 Å². The van der Waals surface area contributed by atoms with Gasteiger partial charge in [-0.3, -0.25) is 0 Å². The van der Waals surface area contributed by atoms with Crippen LogP contribution in [0.3, 0.4) is 0 Å². The average molecular weight is 297 g/mol. The van der Waals surface area contributed by atoms with E-state index in [1.54, 1.807) is 12.5 Å². The van der Waals surface area contributed by atoms with Gasteiger partial charge in [0, 0.05) is 23.5 Å². The number of hydrogen-bond acceptors (Lipinski definition) is 2. The molecule has 0 atom stereocenters. The highest BCUT2D eigenvalue weighted by molar-refractivity contribution is 5.80. The van der Waals surface area contributed by atoms with Crippen molar-refractivity contribution in [2.75, 3.05) is 0 Å². The minimum atomic E-state index is 0.961. The van der Waals surface area contributed by atoms with Gasteiger partial charge >= 0.3 is 0 Å². The van der Waals surface area contributed by atoms with Crippen LogP contribution in [0.15, 0.2) is 79.4 Å². The molecule has 23 heavy (non-hydrogen) atoms. The fourth-order valence-electron chi connectivity index (χ4n) is 2.53. The highest BCUT2D eigenvalue weighted by Gasteiger charge is 1.96. The van der Waals surface area contributed by atoms with E-state index in [1.807, 2.05) is 41.1 Å². The van der Waals surface area contributed by atoms with Gasteiger partial charge in [0.05, 0.1) is 17.5 Å². The normalized spacial score (nSPS) is 11.3. The number of aromatic nitrogens is 3. The summed E-state index contributed by atoms with van der Waals surface area (Å²) in [6.45, 7) is 0. The quantitative estimate of drug-likeness (QED) is 0.553. The summed E-state index contributed by atoms with van der Waals surface area (Å²) in [7, 11) is 0. The first kappa shape index (κ1) is 13.5. The van der Waals surface area contributed by atoms with Crippen LogP contribution in [0.25, 0.3) is 28.7 Å². The molecule has 0 saturated carbocycles. The molecule has 2 aromatic heterocycles. The summed E-state index contributed by atoms with van der Waals surface area (Å²) >= 11 is 0. The van der Waals surface area contributed by atoms with E-state index in [4.69, 9.17) is 0 Å². The Balaban J connectivity index is 1.57. The molecule has 4 rings (SSSR count). The van der Waals surface area contributed by atoms with Crippen LogP contribution in [0.1, 0.15) is 11.3 Å². The standard InChI is InChI=1S/C20H15N3/c1-2-4-20-17(3-1)8-10-18(22-20)9-5-16-6-11-19(12-7-16)23-14-13-21-15-23/h1-15H/b9-5+. The molecule has 0 saturated heterocycles. The van der Waals surface area contributed by atoms with Crippen LogP contribution in [-0.4, -0.2) is 14.5 Å². The minimum absolute atomic E-state index is 0.961. The molecule has 4 aromatic rings. The zero-order valence-electron chi connectivity index (χ0n) is 12.5. The Hall–Kier alpha value is -3.20. The molecule has 110 valence electrons. The molecule has 0 unspecified atom stereocenters. The molecule has 2 heterocycles. The van der Waals surface area contributed by atoms with Crippen molar-refractivity contribution in [3.63, 3.8) is 0 Å². The monoisotopic (exact) mass is 297 g/mol. The summed E-state index contributed by atoms with van der Waals surface area (Å²) < 4.78 is 1.98. The van der Waals surface area contributed by atoms with Gasteiger partial charge in [-0.2, -0.15) is 0 Å². The molecular weight excluding hydrogens is 282 g/mol. The molecule has 0 N–H and O–H groups in total. The second-order valence-corrected chi connectivity index (χ2v) is 5.32. The van der Waals surface area contributed by atoms with Crippen LogP contribution in [0.2, 0.25) is 0 Å². The Morgan fingerprint density at radius 3 is 2.52 bits per heavy atom. The number of fused-ring (bicyclic) bond motifs is 1. The summed E-state index contributed by atoms with van der Waals surface area (Å²) in [5, 5.41) is 1.16. The minimum Gasteiger partial charge on any atom is -0.306 e. The molecule has 0 amide bonds. The third-order valence-corrected chi connectivity index (χ3v) is 3.76. The van der Waals surface area contributed by atoms with E-state index >= 15 is 0 Å². The fraction of sp³-hybridized carbons (Fsp3) is 0. The van der Waals surface area contributed by atoms with Gasteiger partial charge in [0.2, 0.25) is 0 Å². The Labute approximate surface area is 134 Å². The van der Waals surface area contributed by atoms with E-state index in [1.165, 1.54) is 0 Å². The molecule has 0 spiro atoms. The first-order valence-corrected chi connectivity index (χ1v) is 7.51. The van der Waals surface area contributed by atoms with Crippen molar-refractivity contribution in [2.45, 2.75) is 0 Å². The summed E-state index contributed by atoms with van der Waals surface area (Å²) in [5.74, 6) is 0. The topological polar surface area (TPSA) is 30.7 Å². The van der Waals surface area contributed by atoms with Crippen molar-refractivity contribution in [3.8, 4) is 5.69 Å². The second-order valence-electron chi connectivity index (χ2n) is 5.32. The van der Waals surface area contributed by atoms with Crippen LogP contribution < -0.4 is 0 Å². The predicted molar refractivity (Wildman–Crippen MR) is 94.2 cm³/mol. The van der Waals surface area contributed by atoms with E-state index < -0.39 is 0 Å². The van der Waals surface area contributed by atoms with E-state index in [0.29, 0.717) is 0 Å². The van der Waals surface area contributed by atoms with Crippen LogP contribution in [0.4, 0.5) is 0 Å². The lowest BCUT2D eigenvalue weighted by Crippen LogP contribution is -1.88. The number of hydrogen-bond donors (Lipinski definition) is 0. The average Bonchev–Trinajstić information content (AvgIpc) is 3.15. The first-order valence-electron chi connectivity index (χ1n) is 7.51. The summed E-state index contributed by atoms with van der Waals surface area (Å²) in [6.07, 6.45) is 9.63. The lowest BCUT2D eigenvalue weighted by molar-refractivity contribution is 1.06. The van der Waals surface area contributed by atoms with Crippen molar-refractivity contribution in [2.24, 2.45) is 0 Å². The number of benzene rings is 2. The Morgan fingerprint density at radius 2 is 1.70 bits per heavy atom.